The van der Waals surface area contributed by atoms with Crippen LogP contribution in [-0.4, -0.2) is 35.0 Å². The van der Waals surface area contributed by atoms with Gasteiger partial charge >= 0.3 is 5.97 Å². The lowest BCUT2D eigenvalue weighted by Gasteiger charge is -2.39. The van der Waals surface area contributed by atoms with Gasteiger partial charge in [-0.3, -0.25) is 9.59 Å². The molecule has 0 saturated carbocycles. The Hall–Kier alpha value is -1.06. The first-order valence-corrected chi connectivity index (χ1v) is 4.93. The molecule has 1 saturated heterocycles. The van der Waals surface area contributed by atoms with E-state index in [-0.39, 0.29) is 17.9 Å². The highest BCUT2D eigenvalue weighted by Crippen LogP contribution is 2.28. The maximum Gasteiger partial charge on any atom is 0.308 e. The Morgan fingerprint density at radius 1 is 1.57 bits per heavy atom. The fourth-order valence-corrected chi connectivity index (χ4v) is 2.24. The van der Waals surface area contributed by atoms with Crippen LogP contribution in [0, 0.1) is 11.8 Å². The molecule has 2 atom stereocenters. The van der Waals surface area contributed by atoms with E-state index in [9.17, 15) is 9.59 Å². The minimum absolute atomic E-state index is 0.0567. The lowest BCUT2D eigenvalue weighted by Crippen LogP contribution is -2.51. The fraction of sp³-hybridized carbons (Fsp3) is 0.800. The molecular formula is C10H17NO3. The first-order chi connectivity index (χ1) is 6.45. The van der Waals surface area contributed by atoms with Gasteiger partial charge in [0.05, 0.1) is 5.92 Å². The summed E-state index contributed by atoms with van der Waals surface area (Å²) in [6.07, 6.45) is 0.831. The van der Waals surface area contributed by atoms with Crippen LogP contribution in [0.3, 0.4) is 0 Å². The second kappa shape index (κ2) is 3.98. The molecule has 1 heterocycles. The number of hydrogen-bond donors (Lipinski definition) is 1. The van der Waals surface area contributed by atoms with Gasteiger partial charge in [0.2, 0.25) is 5.91 Å². The van der Waals surface area contributed by atoms with Crippen molar-refractivity contribution < 1.29 is 14.7 Å². The molecule has 0 unspecified atom stereocenters. The van der Waals surface area contributed by atoms with Crippen molar-refractivity contribution in [3.05, 3.63) is 0 Å². The molecule has 1 rings (SSSR count). The molecule has 80 valence electrons. The van der Waals surface area contributed by atoms with Crippen LogP contribution in [-0.2, 0) is 9.59 Å². The quantitative estimate of drug-likeness (QED) is 0.720. The van der Waals surface area contributed by atoms with Gasteiger partial charge in [-0.2, -0.15) is 0 Å². The summed E-state index contributed by atoms with van der Waals surface area (Å²) < 4.78 is 0. The summed E-state index contributed by atoms with van der Waals surface area (Å²) in [5.74, 6) is -0.952. The number of carboxylic acids is 1. The largest absolute Gasteiger partial charge is 0.481 e. The molecular weight excluding hydrogens is 182 g/mol. The third-order valence-corrected chi connectivity index (χ3v) is 2.92. The molecule has 0 aliphatic carbocycles. The third kappa shape index (κ3) is 1.89. The van der Waals surface area contributed by atoms with E-state index in [0.717, 1.165) is 0 Å². The molecule has 1 amide bonds. The predicted molar refractivity (Wildman–Crippen MR) is 51.8 cm³/mol. The van der Waals surface area contributed by atoms with Crippen molar-refractivity contribution in [3.63, 3.8) is 0 Å². The summed E-state index contributed by atoms with van der Waals surface area (Å²) in [5, 5.41) is 9.02. The summed E-state index contributed by atoms with van der Waals surface area (Å²) in [6, 6.07) is -0.159. The number of hydrogen-bond acceptors (Lipinski definition) is 2. The van der Waals surface area contributed by atoms with Gasteiger partial charge in [-0.25, -0.2) is 0 Å². The van der Waals surface area contributed by atoms with Gasteiger partial charge in [0.25, 0.3) is 0 Å². The number of aliphatic carboxylic acids is 1. The van der Waals surface area contributed by atoms with Crippen LogP contribution in [0.2, 0.25) is 0 Å². The molecule has 0 spiro atoms. The number of carbonyl (C=O) groups excluding carboxylic acids is 1. The maximum absolute atomic E-state index is 11.4. The minimum Gasteiger partial charge on any atom is -0.481 e. The molecule has 14 heavy (non-hydrogen) atoms. The number of piperidine rings is 1. The van der Waals surface area contributed by atoms with Crippen LogP contribution in [0.15, 0.2) is 0 Å². The Kier molecular flexibility index (Phi) is 3.13. The average Bonchev–Trinajstić information content (AvgIpc) is 2.08. The lowest BCUT2D eigenvalue weighted by atomic mass is 9.83. The molecule has 1 aliphatic rings. The van der Waals surface area contributed by atoms with Crippen molar-refractivity contribution in [2.24, 2.45) is 11.8 Å². The van der Waals surface area contributed by atoms with Crippen molar-refractivity contribution >= 4 is 11.9 Å². The second-order valence-electron chi connectivity index (χ2n) is 4.22. The van der Waals surface area contributed by atoms with Gasteiger partial charge in [0.15, 0.2) is 0 Å². The molecule has 0 aromatic heterocycles. The first-order valence-electron chi connectivity index (χ1n) is 4.93. The molecule has 1 aliphatic heterocycles. The van der Waals surface area contributed by atoms with Crippen LogP contribution in [0.25, 0.3) is 0 Å². The van der Waals surface area contributed by atoms with E-state index in [1.54, 1.807) is 11.9 Å². The smallest absolute Gasteiger partial charge is 0.308 e. The van der Waals surface area contributed by atoms with Crippen LogP contribution < -0.4 is 0 Å². The zero-order chi connectivity index (χ0) is 10.9. The molecule has 1 N–H and O–H groups in total. The van der Waals surface area contributed by atoms with E-state index in [4.69, 9.17) is 5.11 Å². The summed E-state index contributed by atoms with van der Waals surface area (Å²) in [7, 11) is 1.70. The number of nitrogens with zero attached hydrogens (tertiary/aromatic N) is 1. The standard InChI is InChI=1S/C10H17NO3/c1-6(2)9-7(10(13)14)4-5-8(12)11(9)3/h6-7,9H,4-5H2,1-3H3,(H,13,14)/t7-,9+/m0/s1. The SMILES string of the molecule is CC(C)[C@@H]1[C@@H](C(=O)O)CCC(=O)N1C. The lowest BCUT2D eigenvalue weighted by molar-refractivity contribution is -0.152. The molecule has 4 nitrogen and oxygen atoms in total. The summed E-state index contributed by atoms with van der Waals surface area (Å²) >= 11 is 0. The Bertz CT molecular complexity index is 250. The Morgan fingerprint density at radius 2 is 2.14 bits per heavy atom. The van der Waals surface area contributed by atoms with Crippen LogP contribution >= 0.6 is 0 Å². The molecule has 0 aromatic carbocycles. The number of amides is 1. The van der Waals surface area contributed by atoms with Crippen LogP contribution in [0.4, 0.5) is 0 Å². The topological polar surface area (TPSA) is 57.6 Å². The van der Waals surface area contributed by atoms with Crippen molar-refractivity contribution in [1.82, 2.24) is 4.90 Å². The molecule has 0 aromatic rings. The highest BCUT2D eigenvalue weighted by molar-refractivity contribution is 5.81. The maximum atomic E-state index is 11.4. The Balaban J connectivity index is 2.87. The third-order valence-electron chi connectivity index (χ3n) is 2.92. The van der Waals surface area contributed by atoms with Gasteiger partial charge in [0, 0.05) is 19.5 Å². The number of carbonyl (C=O) groups is 2. The zero-order valence-electron chi connectivity index (χ0n) is 8.86. The summed E-state index contributed by atoms with van der Waals surface area (Å²) in [5.41, 5.74) is 0. The Labute approximate surface area is 83.9 Å². The first kappa shape index (κ1) is 11.0. The van der Waals surface area contributed by atoms with E-state index in [1.165, 1.54) is 0 Å². The van der Waals surface area contributed by atoms with Crippen molar-refractivity contribution in [3.8, 4) is 0 Å². The van der Waals surface area contributed by atoms with Crippen molar-refractivity contribution in [2.75, 3.05) is 7.05 Å². The predicted octanol–water partition coefficient (Wildman–Crippen LogP) is 0.964. The van der Waals surface area contributed by atoms with E-state index in [0.29, 0.717) is 12.8 Å². The minimum atomic E-state index is -0.789. The molecule has 1 fully saturated rings. The van der Waals surface area contributed by atoms with Crippen LogP contribution in [0.1, 0.15) is 26.7 Å². The highest BCUT2D eigenvalue weighted by atomic mass is 16.4. The summed E-state index contributed by atoms with van der Waals surface area (Å²) in [4.78, 5) is 24.0. The number of carboxylic acid groups (broad SMARTS) is 1. The van der Waals surface area contributed by atoms with E-state index < -0.39 is 11.9 Å². The highest BCUT2D eigenvalue weighted by Gasteiger charge is 2.39. The van der Waals surface area contributed by atoms with Crippen molar-refractivity contribution in [2.45, 2.75) is 32.7 Å². The Morgan fingerprint density at radius 3 is 2.57 bits per heavy atom. The zero-order valence-corrected chi connectivity index (χ0v) is 8.86. The summed E-state index contributed by atoms with van der Waals surface area (Å²) in [6.45, 7) is 3.91. The molecule has 0 radical (unpaired) electrons. The molecule has 0 bridgehead atoms. The van der Waals surface area contributed by atoms with Gasteiger partial charge in [0.1, 0.15) is 0 Å². The molecule has 4 heteroatoms. The normalized spacial score (nSPS) is 28.3. The number of likely N-dealkylation sites (tertiary alicyclic amines) is 1. The van der Waals surface area contributed by atoms with Gasteiger partial charge < -0.3 is 10.0 Å². The monoisotopic (exact) mass is 199 g/mol. The van der Waals surface area contributed by atoms with Gasteiger partial charge in [-0.05, 0) is 12.3 Å². The van der Waals surface area contributed by atoms with Gasteiger partial charge in [-0.15, -0.1) is 0 Å². The van der Waals surface area contributed by atoms with E-state index in [1.807, 2.05) is 13.8 Å². The number of rotatable bonds is 2. The van der Waals surface area contributed by atoms with Gasteiger partial charge in [-0.1, -0.05) is 13.8 Å². The second-order valence-corrected chi connectivity index (χ2v) is 4.22. The fourth-order valence-electron chi connectivity index (χ4n) is 2.24. The van der Waals surface area contributed by atoms with E-state index in [2.05, 4.69) is 0 Å². The van der Waals surface area contributed by atoms with Crippen LogP contribution in [0.5, 0.6) is 0 Å². The average molecular weight is 199 g/mol. The van der Waals surface area contributed by atoms with Crippen molar-refractivity contribution in [1.29, 1.82) is 0 Å². The van der Waals surface area contributed by atoms with E-state index >= 15 is 0 Å².